The molecule has 2 aromatic rings. The number of ether oxygens (including phenoxy) is 1. The van der Waals surface area contributed by atoms with Gasteiger partial charge in [-0.25, -0.2) is 9.18 Å². The van der Waals surface area contributed by atoms with Crippen LogP contribution >= 0.6 is 0 Å². The van der Waals surface area contributed by atoms with Gasteiger partial charge < -0.3 is 14.6 Å². The van der Waals surface area contributed by atoms with Crippen LogP contribution in [-0.2, 0) is 11.3 Å². The summed E-state index contributed by atoms with van der Waals surface area (Å²) in [7, 11) is 0. The van der Waals surface area contributed by atoms with Crippen LogP contribution in [0.25, 0.3) is 10.9 Å². The van der Waals surface area contributed by atoms with Crippen molar-refractivity contribution in [3.63, 3.8) is 0 Å². The predicted octanol–water partition coefficient (Wildman–Crippen LogP) is 4.02. The zero-order chi connectivity index (χ0) is 16.2. The molecule has 1 amide bonds. The summed E-state index contributed by atoms with van der Waals surface area (Å²) < 4.78 is 20.1. The number of halogens is 1. The first-order chi connectivity index (χ1) is 10.4. The Balaban J connectivity index is 1.97. The molecule has 0 aliphatic heterocycles. The van der Waals surface area contributed by atoms with E-state index in [2.05, 4.69) is 5.32 Å². The molecule has 1 aromatic carbocycles. The zero-order valence-electron chi connectivity index (χ0n) is 13.1. The molecule has 0 fully saturated rings. The van der Waals surface area contributed by atoms with Crippen LogP contribution in [0, 0.1) is 0 Å². The number of benzene rings is 1. The Kier molecular flexibility index (Phi) is 4.85. The monoisotopic (exact) mass is 304 g/mol. The van der Waals surface area contributed by atoms with Crippen molar-refractivity contribution in [2.45, 2.75) is 32.9 Å². The van der Waals surface area contributed by atoms with E-state index in [0.29, 0.717) is 18.4 Å². The second-order valence-corrected chi connectivity index (χ2v) is 6.13. The van der Waals surface area contributed by atoms with E-state index < -0.39 is 11.7 Å². The Morgan fingerprint density at radius 3 is 2.73 bits per heavy atom. The second-order valence-electron chi connectivity index (χ2n) is 6.13. The van der Waals surface area contributed by atoms with Crippen LogP contribution in [0.4, 0.5) is 9.18 Å². The molecule has 1 heterocycles. The maximum absolute atomic E-state index is 13.1. The SMILES string of the molecule is CC(C)(C)OC(=O)NC/C(=C\F)Cn1ccc2ccccc21. The van der Waals surface area contributed by atoms with E-state index in [1.807, 2.05) is 41.1 Å². The minimum atomic E-state index is -0.569. The number of nitrogens with one attached hydrogen (secondary N) is 1. The molecule has 118 valence electrons. The Morgan fingerprint density at radius 2 is 2.05 bits per heavy atom. The van der Waals surface area contributed by atoms with Crippen molar-refractivity contribution in [1.82, 2.24) is 9.88 Å². The number of alkyl carbamates (subject to hydrolysis) is 1. The molecule has 0 atom stereocenters. The number of hydrogen-bond acceptors (Lipinski definition) is 2. The molecule has 0 bridgehead atoms. The highest BCUT2D eigenvalue weighted by molar-refractivity contribution is 5.80. The van der Waals surface area contributed by atoms with Crippen molar-refractivity contribution in [2.24, 2.45) is 0 Å². The summed E-state index contributed by atoms with van der Waals surface area (Å²) in [6.45, 7) is 5.83. The predicted molar refractivity (Wildman–Crippen MR) is 85.4 cm³/mol. The topological polar surface area (TPSA) is 43.3 Å². The van der Waals surface area contributed by atoms with E-state index in [1.165, 1.54) is 0 Å². The van der Waals surface area contributed by atoms with Gasteiger partial charge >= 0.3 is 6.09 Å². The normalized spacial score (nSPS) is 12.5. The lowest BCUT2D eigenvalue weighted by atomic mass is 10.2. The molecule has 22 heavy (non-hydrogen) atoms. The molecule has 0 saturated carbocycles. The van der Waals surface area contributed by atoms with Gasteiger partial charge in [0, 0.05) is 24.8 Å². The number of para-hydroxylation sites is 1. The van der Waals surface area contributed by atoms with Crippen LogP contribution in [0.5, 0.6) is 0 Å². The number of hydrogen-bond donors (Lipinski definition) is 1. The van der Waals surface area contributed by atoms with Crippen molar-refractivity contribution in [3.8, 4) is 0 Å². The van der Waals surface area contributed by atoms with Crippen LogP contribution < -0.4 is 5.32 Å². The molecule has 1 aromatic heterocycles. The van der Waals surface area contributed by atoms with E-state index in [0.717, 1.165) is 10.9 Å². The summed E-state index contributed by atoms with van der Waals surface area (Å²) in [4.78, 5) is 11.6. The lowest BCUT2D eigenvalue weighted by Gasteiger charge is -2.20. The Labute approximate surface area is 129 Å². The van der Waals surface area contributed by atoms with Crippen molar-refractivity contribution in [1.29, 1.82) is 0 Å². The minimum absolute atomic E-state index is 0.109. The van der Waals surface area contributed by atoms with Crippen molar-refractivity contribution >= 4 is 17.0 Å². The summed E-state index contributed by atoms with van der Waals surface area (Å²) in [5, 5.41) is 3.67. The maximum atomic E-state index is 13.1. The lowest BCUT2D eigenvalue weighted by Crippen LogP contribution is -2.33. The average molecular weight is 304 g/mol. The van der Waals surface area contributed by atoms with Gasteiger partial charge in [-0.05, 0) is 43.9 Å². The van der Waals surface area contributed by atoms with E-state index >= 15 is 0 Å². The quantitative estimate of drug-likeness (QED) is 0.927. The summed E-state index contributed by atoms with van der Waals surface area (Å²) in [5.41, 5.74) is 0.923. The number of nitrogens with zero attached hydrogens (tertiary/aromatic N) is 1. The molecule has 1 N–H and O–H groups in total. The van der Waals surface area contributed by atoms with E-state index in [9.17, 15) is 9.18 Å². The van der Waals surface area contributed by atoms with Crippen LogP contribution in [0.1, 0.15) is 20.8 Å². The number of aromatic nitrogens is 1. The fraction of sp³-hybridized carbons (Fsp3) is 0.353. The smallest absolute Gasteiger partial charge is 0.407 e. The molecule has 0 aliphatic carbocycles. The van der Waals surface area contributed by atoms with Crippen LogP contribution in [0.2, 0.25) is 0 Å². The largest absolute Gasteiger partial charge is 0.444 e. The number of rotatable bonds is 4. The van der Waals surface area contributed by atoms with Gasteiger partial charge in [0.15, 0.2) is 0 Å². The van der Waals surface area contributed by atoms with Crippen molar-refractivity contribution < 1.29 is 13.9 Å². The second kappa shape index (κ2) is 6.64. The van der Waals surface area contributed by atoms with Gasteiger partial charge in [0.25, 0.3) is 0 Å². The standard InChI is InChI=1S/C17H21FN2O2/c1-17(2,3)22-16(21)19-11-13(10-18)12-20-9-8-14-6-4-5-7-15(14)20/h4-10H,11-12H2,1-3H3,(H,19,21)/b13-10+. The molecule has 0 unspecified atom stereocenters. The Hall–Kier alpha value is -2.30. The number of carbonyl (C=O) groups is 1. The van der Waals surface area contributed by atoms with Gasteiger partial charge in [-0.1, -0.05) is 18.2 Å². The first-order valence-corrected chi connectivity index (χ1v) is 7.18. The van der Waals surface area contributed by atoms with Gasteiger partial charge in [0.05, 0.1) is 6.33 Å². The summed E-state index contributed by atoms with van der Waals surface area (Å²) in [6.07, 6.45) is 1.89. The molecule has 0 radical (unpaired) electrons. The van der Waals surface area contributed by atoms with Crippen LogP contribution in [-0.4, -0.2) is 22.8 Å². The molecule has 4 nitrogen and oxygen atoms in total. The fourth-order valence-electron chi connectivity index (χ4n) is 2.13. The summed E-state index contributed by atoms with van der Waals surface area (Å²) >= 11 is 0. The summed E-state index contributed by atoms with van der Waals surface area (Å²) in [6, 6.07) is 9.86. The van der Waals surface area contributed by atoms with E-state index in [1.54, 1.807) is 20.8 Å². The Morgan fingerprint density at radius 1 is 1.32 bits per heavy atom. The molecule has 5 heteroatoms. The summed E-state index contributed by atoms with van der Waals surface area (Å²) in [5.74, 6) is 0. The minimum Gasteiger partial charge on any atom is -0.444 e. The number of fused-ring (bicyclic) bond motifs is 1. The first kappa shape index (κ1) is 16.1. The van der Waals surface area contributed by atoms with Gasteiger partial charge in [-0.3, -0.25) is 0 Å². The van der Waals surface area contributed by atoms with Crippen molar-refractivity contribution in [2.75, 3.05) is 6.54 Å². The van der Waals surface area contributed by atoms with Gasteiger partial charge in [0.2, 0.25) is 0 Å². The fourth-order valence-corrected chi connectivity index (χ4v) is 2.13. The third-order valence-corrected chi connectivity index (χ3v) is 3.07. The van der Waals surface area contributed by atoms with Gasteiger partial charge in [-0.15, -0.1) is 0 Å². The Bertz CT molecular complexity index is 683. The molecule has 2 rings (SSSR count). The highest BCUT2D eigenvalue weighted by atomic mass is 19.1. The molecule has 0 saturated heterocycles. The zero-order valence-corrected chi connectivity index (χ0v) is 13.1. The average Bonchev–Trinajstić information content (AvgIpc) is 2.85. The third-order valence-electron chi connectivity index (χ3n) is 3.07. The van der Waals surface area contributed by atoms with Crippen LogP contribution in [0.15, 0.2) is 48.4 Å². The third kappa shape index (κ3) is 4.35. The maximum Gasteiger partial charge on any atom is 0.407 e. The molecular weight excluding hydrogens is 283 g/mol. The van der Waals surface area contributed by atoms with Gasteiger partial charge in [-0.2, -0.15) is 0 Å². The molecule has 0 spiro atoms. The highest BCUT2D eigenvalue weighted by Crippen LogP contribution is 2.16. The number of carbonyl (C=O) groups excluding carboxylic acids is 1. The van der Waals surface area contributed by atoms with Crippen LogP contribution in [0.3, 0.4) is 0 Å². The number of amides is 1. The van der Waals surface area contributed by atoms with E-state index in [-0.39, 0.29) is 6.54 Å². The molecule has 0 aliphatic rings. The highest BCUT2D eigenvalue weighted by Gasteiger charge is 2.16. The van der Waals surface area contributed by atoms with E-state index in [4.69, 9.17) is 4.74 Å². The molecular formula is C17H21FN2O2. The van der Waals surface area contributed by atoms with Crippen molar-refractivity contribution in [3.05, 3.63) is 48.4 Å². The first-order valence-electron chi connectivity index (χ1n) is 7.18. The van der Waals surface area contributed by atoms with Gasteiger partial charge in [0.1, 0.15) is 5.60 Å². The lowest BCUT2D eigenvalue weighted by molar-refractivity contribution is 0.0532.